The summed E-state index contributed by atoms with van der Waals surface area (Å²) in [5.41, 5.74) is 0.642. The summed E-state index contributed by atoms with van der Waals surface area (Å²) in [6, 6.07) is 13.5. The van der Waals surface area contributed by atoms with Gasteiger partial charge in [-0.2, -0.15) is 0 Å². The number of ether oxygens (including phenoxy) is 3. The lowest BCUT2D eigenvalue weighted by molar-refractivity contribution is -0.139. The highest BCUT2D eigenvalue weighted by molar-refractivity contribution is 5.96. The van der Waals surface area contributed by atoms with Crippen LogP contribution >= 0.6 is 0 Å². The number of carboxylic acids is 1. The molecule has 0 aliphatic heterocycles. The van der Waals surface area contributed by atoms with Crippen molar-refractivity contribution in [1.29, 1.82) is 0 Å². The van der Waals surface area contributed by atoms with Crippen LogP contribution in [0.3, 0.4) is 0 Å². The fourth-order valence-electron chi connectivity index (χ4n) is 2.22. The van der Waals surface area contributed by atoms with Crippen molar-refractivity contribution in [3.63, 3.8) is 0 Å². The van der Waals surface area contributed by atoms with Crippen LogP contribution in [0.25, 0.3) is 0 Å². The van der Waals surface area contributed by atoms with Gasteiger partial charge in [0.1, 0.15) is 17.2 Å². The van der Waals surface area contributed by atoms with Gasteiger partial charge >= 0.3 is 5.97 Å². The van der Waals surface area contributed by atoms with Crippen LogP contribution < -0.4 is 19.1 Å². The quantitative estimate of drug-likeness (QED) is 0.780. The van der Waals surface area contributed by atoms with Crippen LogP contribution in [0.1, 0.15) is 6.92 Å². The maximum atomic E-state index is 12.5. The number of anilines is 1. The molecule has 2 aromatic rings. The Kier molecular flexibility index (Phi) is 6.43. The second kappa shape index (κ2) is 8.75. The highest BCUT2D eigenvalue weighted by atomic mass is 16.5. The van der Waals surface area contributed by atoms with Crippen molar-refractivity contribution >= 4 is 17.6 Å². The summed E-state index contributed by atoms with van der Waals surface area (Å²) in [5.74, 6) is 0.418. The highest BCUT2D eigenvalue weighted by Crippen LogP contribution is 2.21. The van der Waals surface area contributed by atoms with E-state index in [1.54, 1.807) is 69.6 Å². The molecule has 1 amide bonds. The molecule has 0 bridgehead atoms. The Morgan fingerprint density at radius 2 is 1.54 bits per heavy atom. The van der Waals surface area contributed by atoms with Crippen molar-refractivity contribution in [1.82, 2.24) is 0 Å². The number of hydrogen-bond acceptors (Lipinski definition) is 5. The van der Waals surface area contributed by atoms with E-state index in [9.17, 15) is 9.59 Å². The third kappa shape index (κ3) is 5.14. The first-order valence-electron chi connectivity index (χ1n) is 7.93. The average molecular weight is 359 g/mol. The zero-order valence-electron chi connectivity index (χ0n) is 14.8. The van der Waals surface area contributed by atoms with Gasteiger partial charge in [-0.3, -0.25) is 4.79 Å². The Balaban J connectivity index is 1.97. The Morgan fingerprint density at radius 1 is 1.00 bits per heavy atom. The first-order valence-corrected chi connectivity index (χ1v) is 7.93. The largest absolute Gasteiger partial charge is 0.497 e. The first kappa shape index (κ1) is 19.1. The molecular formula is C19H21NO6. The molecule has 1 unspecified atom stereocenters. The zero-order valence-corrected chi connectivity index (χ0v) is 14.8. The summed E-state index contributed by atoms with van der Waals surface area (Å²) < 4.78 is 15.8. The summed E-state index contributed by atoms with van der Waals surface area (Å²) in [6.07, 6.45) is -0.684. The molecule has 2 aromatic carbocycles. The summed E-state index contributed by atoms with van der Waals surface area (Å²) in [7, 11) is 3.22. The van der Waals surface area contributed by atoms with Gasteiger partial charge in [-0.1, -0.05) is 0 Å². The molecule has 0 radical (unpaired) electrons. The number of amides is 1. The molecule has 7 nitrogen and oxygen atoms in total. The van der Waals surface area contributed by atoms with E-state index in [4.69, 9.17) is 19.3 Å². The summed E-state index contributed by atoms with van der Waals surface area (Å²) in [4.78, 5) is 24.5. The fraction of sp³-hybridized carbons (Fsp3) is 0.263. The number of rotatable bonds is 8. The van der Waals surface area contributed by atoms with E-state index in [-0.39, 0.29) is 5.91 Å². The second-order valence-electron chi connectivity index (χ2n) is 5.51. The lowest BCUT2D eigenvalue weighted by Crippen LogP contribution is -2.38. The number of methoxy groups -OCH3 is 1. The van der Waals surface area contributed by atoms with E-state index in [2.05, 4.69) is 0 Å². The van der Waals surface area contributed by atoms with Crippen molar-refractivity contribution in [3.05, 3.63) is 48.5 Å². The number of carbonyl (C=O) groups excluding carboxylic acids is 1. The molecule has 2 rings (SSSR count). The van der Waals surface area contributed by atoms with Gasteiger partial charge in [0.15, 0.2) is 12.7 Å². The third-order valence-electron chi connectivity index (χ3n) is 3.64. The summed E-state index contributed by atoms with van der Waals surface area (Å²) in [5, 5.41) is 8.60. The van der Waals surface area contributed by atoms with Crippen molar-refractivity contribution in [2.24, 2.45) is 0 Å². The Bertz CT molecular complexity index is 742. The standard InChI is InChI=1S/C19H21NO6/c1-13(26-17-10-8-15(24-3)9-11-17)19(23)20(2)14-4-6-16(7-5-14)25-12-18(21)22/h4-11,13H,12H2,1-3H3,(H,21,22). The van der Waals surface area contributed by atoms with Gasteiger partial charge in [-0.05, 0) is 55.5 Å². The number of likely N-dealkylation sites (N-methyl/N-ethyl adjacent to an activating group) is 1. The maximum Gasteiger partial charge on any atom is 0.341 e. The minimum Gasteiger partial charge on any atom is -0.497 e. The molecule has 1 atom stereocenters. The molecule has 0 aliphatic rings. The average Bonchev–Trinajstić information content (AvgIpc) is 2.66. The number of carbonyl (C=O) groups is 2. The van der Waals surface area contributed by atoms with Crippen LogP contribution in [0, 0.1) is 0 Å². The molecule has 0 spiro atoms. The van der Waals surface area contributed by atoms with Gasteiger partial charge < -0.3 is 24.2 Å². The molecule has 0 saturated carbocycles. The Morgan fingerprint density at radius 3 is 2.08 bits per heavy atom. The topological polar surface area (TPSA) is 85.3 Å². The molecule has 0 heterocycles. The number of aliphatic carboxylic acids is 1. The molecule has 1 N–H and O–H groups in total. The Labute approximate surface area is 151 Å². The van der Waals surface area contributed by atoms with Gasteiger partial charge in [0, 0.05) is 12.7 Å². The first-order chi connectivity index (χ1) is 12.4. The molecule has 138 valence electrons. The molecule has 7 heteroatoms. The van der Waals surface area contributed by atoms with Crippen molar-refractivity contribution in [2.45, 2.75) is 13.0 Å². The molecule has 0 aromatic heterocycles. The third-order valence-corrected chi connectivity index (χ3v) is 3.64. The van der Waals surface area contributed by atoms with E-state index in [1.807, 2.05) is 0 Å². The van der Waals surface area contributed by atoms with Crippen LogP contribution in [0.5, 0.6) is 17.2 Å². The minimum atomic E-state index is -1.05. The predicted molar refractivity (Wildman–Crippen MR) is 96.1 cm³/mol. The molecule has 26 heavy (non-hydrogen) atoms. The monoisotopic (exact) mass is 359 g/mol. The van der Waals surface area contributed by atoms with Crippen molar-refractivity contribution in [3.8, 4) is 17.2 Å². The second-order valence-corrected chi connectivity index (χ2v) is 5.51. The number of carboxylic acid groups (broad SMARTS) is 1. The fourth-order valence-corrected chi connectivity index (χ4v) is 2.22. The smallest absolute Gasteiger partial charge is 0.341 e. The molecule has 0 fully saturated rings. The molecule has 0 saturated heterocycles. The van der Waals surface area contributed by atoms with Crippen LogP contribution in [-0.4, -0.2) is 43.9 Å². The number of nitrogens with zero attached hydrogens (tertiary/aromatic N) is 1. The van der Waals surface area contributed by atoms with Crippen molar-refractivity contribution < 1.29 is 28.9 Å². The molecular weight excluding hydrogens is 338 g/mol. The van der Waals surface area contributed by atoms with E-state index in [0.29, 0.717) is 22.9 Å². The summed E-state index contributed by atoms with van der Waals surface area (Å²) >= 11 is 0. The lowest BCUT2D eigenvalue weighted by Gasteiger charge is -2.22. The maximum absolute atomic E-state index is 12.5. The van der Waals surface area contributed by atoms with Crippen LogP contribution in [0.4, 0.5) is 5.69 Å². The van der Waals surface area contributed by atoms with Crippen molar-refractivity contribution in [2.75, 3.05) is 25.7 Å². The van der Waals surface area contributed by atoms with Gasteiger partial charge in [-0.15, -0.1) is 0 Å². The lowest BCUT2D eigenvalue weighted by atomic mass is 10.2. The van der Waals surface area contributed by atoms with Crippen LogP contribution in [0.15, 0.2) is 48.5 Å². The van der Waals surface area contributed by atoms with Crippen LogP contribution in [0.2, 0.25) is 0 Å². The Hall–Kier alpha value is -3.22. The van der Waals surface area contributed by atoms with E-state index in [0.717, 1.165) is 0 Å². The zero-order chi connectivity index (χ0) is 19.1. The number of hydrogen-bond donors (Lipinski definition) is 1. The summed E-state index contributed by atoms with van der Waals surface area (Å²) in [6.45, 7) is 1.26. The predicted octanol–water partition coefficient (Wildman–Crippen LogP) is 2.59. The van der Waals surface area contributed by atoms with Crippen LogP contribution in [-0.2, 0) is 9.59 Å². The normalized spacial score (nSPS) is 11.3. The van der Waals surface area contributed by atoms with E-state index < -0.39 is 18.7 Å². The van der Waals surface area contributed by atoms with Gasteiger partial charge in [0.05, 0.1) is 7.11 Å². The van der Waals surface area contributed by atoms with E-state index in [1.165, 1.54) is 4.90 Å². The highest BCUT2D eigenvalue weighted by Gasteiger charge is 2.20. The number of benzene rings is 2. The van der Waals surface area contributed by atoms with Gasteiger partial charge in [0.25, 0.3) is 5.91 Å². The SMILES string of the molecule is COc1ccc(OC(C)C(=O)N(C)c2ccc(OCC(=O)O)cc2)cc1. The minimum absolute atomic E-state index is 0.222. The van der Waals surface area contributed by atoms with Gasteiger partial charge in [-0.25, -0.2) is 4.79 Å². The van der Waals surface area contributed by atoms with E-state index >= 15 is 0 Å². The van der Waals surface area contributed by atoms with Gasteiger partial charge in [0.2, 0.25) is 0 Å². The molecule has 0 aliphatic carbocycles.